The Balaban J connectivity index is 1.79. The first kappa shape index (κ1) is 16.8. The van der Waals surface area contributed by atoms with Crippen LogP contribution in [0.4, 0.5) is 5.13 Å². The number of aryl methyl sites for hydroxylation is 1. The quantitative estimate of drug-likeness (QED) is 0.732. The summed E-state index contributed by atoms with van der Waals surface area (Å²) >= 11 is 1.36. The van der Waals surface area contributed by atoms with Crippen molar-refractivity contribution in [3.05, 3.63) is 68.8 Å². The highest BCUT2D eigenvalue weighted by Gasteiger charge is 2.12. The van der Waals surface area contributed by atoms with Gasteiger partial charge in [0.25, 0.3) is 11.5 Å². The number of H-pyrrole nitrogens is 1. The standard InChI is InChI=1S/C17H16N4O3S/c1-10-9-18-17(25-10)21-16(23)13-8-15(22)20-14(19-13)7-11-3-5-12(24-2)6-4-11/h3-6,8-9H,7H2,1-2H3,(H,18,21,23)(H,19,20,22). The molecule has 2 aromatic heterocycles. The van der Waals surface area contributed by atoms with Crippen LogP contribution in [0.25, 0.3) is 0 Å². The number of aromatic nitrogens is 3. The number of rotatable bonds is 5. The second kappa shape index (κ2) is 7.27. The fraction of sp³-hybridized carbons (Fsp3) is 0.176. The largest absolute Gasteiger partial charge is 0.497 e. The van der Waals surface area contributed by atoms with Gasteiger partial charge in [0.2, 0.25) is 0 Å². The molecule has 0 saturated heterocycles. The molecule has 0 bridgehead atoms. The monoisotopic (exact) mass is 356 g/mol. The summed E-state index contributed by atoms with van der Waals surface area (Å²) in [7, 11) is 1.60. The number of carbonyl (C=O) groups is 1. The van der Waals surface area contributed by atoms with Crippen molar-refractivity contribution < 1.29 is 9.53 Å². The molecule has 2 heterocycles. The molecule has 0 atom stereocenters. The van der Waals surface area contributed by atoms with Crippen LogP contribution in [-0.4, -0.2) is 28.0 Å². The van der Waals surface area contributed by atoms with Gasteiger partial charge in [-0.1, -0.05) is 12.1 Å². The van der Waals surface area contributed by atoms with Gasteiger partial charge in [-0.2, -0.15) is 0 Å². The van der Waals surface area contributed by atoms with Crippen LogP contribution in [0.3, 0.4) is 0 Å². The maximum absolute atomic E-state index is 12.3. The normalized spacial score (nSPS) is 10.5. The van der Waals surface area contributed by atoms with E-state index in [2.05, 4.69) is 20.3 Å². The molecule has 0 aliphatic carbocycles. The van der Waals surface area contributed by atoms with Gasteiger partial charge in [0.05, 0.1) is 7.11 Å². The van der Waals surface area contributed by atoms with Crippen molar-refractivity contribution in [3.8, 4) is 5.75 Å². The van der Waals surface area contributed by atoms with E-state index in [9.17, 15) is 9.59 Å². The van der Waals surface area contributed by atoms with Crippen LogP contribution in [0, 0.1) is 6.92 Å². The second-order valence-corrected chi connectivity index (χ2v) is 6.57. The van der Waals surface area contributed by atoms with Gasteiger partial charge in [-0.25, -0.2) is 9.97 Å². The number of methoxy groups -OCH3 is 1. The summed E-state index contributed by atoms with van der Waals surface area (Å²) in [5.41, 5.74) is 0.621. The molecule has 128 valence electrons. The Kier molecular flexibility index (Phi) is 4.90. The van der Waals surface area contributed by atoms with Gasteiger partial charge in [0.1, 0.15) is 17.3 Å². The second-order valence-electron chi connectivity index (χ2n) is 5.33. The number of nitrogens with one attached hydrogen (secondary N) is 2. The Morgan fingerprint density at radius 3 is 2.72 bits per heavy atom. The van der Waals surface area contributed by atoms with Crippen LogP contribution in [0.1, 0.15) is 26.8 Å². The third-order valence-corrected chi connectivity index (χ3v) is 4.22. The van der Waals surface area contributed by atoms with E-state index in [1.165, 1.54) is 17.4 Å². The highest BCUT2D eigenvalue weighted by Crippen LogP contribution is 2.17. The lowest BCUT2D eigenvalue weighted by Gasteiger charge is -2.05. The lowest BCUT2D eigenvalue weighted by atomic mass is 10.1. The first-order valence-corrected chi connectivity index (χ1v) is 8.32. The summed E-state index contributed by atoms with van der Waals surface area (Å²) < 4.78 is 5.12. The van der Waals surface area contributed by atoms with Crippen molar-refractivity contribution in [3.63, 3.8) is 0 Å². The average Bonchev–Trinajstić information content (AvgIpc) is 3.00. The van der Waals surface area contributed by atoms with Gasteiger partial charge >= 0.3 is 0 Å². The van der Waals surface area contributed by atoms with E-state index in [4.69, 9.17) is 4.74 Å². The van der Waals surface area contributed by atoms with Crippen LogP contribution in [0.2, 0.25) is 0 Å². The highest BCUT2D eigenvalue weighted by atomic mass is 32.1. The molecule has 25 heavy (non-hydrogen) atoms. The number of anilines is 1. The van der Waals surface area contributed by atoms with E-state index in [0.29, 0.717) is 17.4 Å². The van der Waals surface area contributed by atoms with Crippen molar-refractivity contribution in [2.24, 2.45) is 0 Å². The molecule has 0 unspecified atom stereocenters. The summed E-state index contributed by atoms with van der Waals surface area (Å²) in [4.78, 5) is 36.1. The number of hydrogen-bond donors (Lipinski definition) is 2. The third-order valence-electron chi connectivity index (χ3n) is 3.40. The van der Waals surface area contributed by atoms with Gasteiger partial charge in [-0.15, -0.1) is 11.3 Å². The number of amides is 1. The Labute approximate surface area is 147 Å². The van der Waals surface area contributed by atoms with Crippen molar-refractivity contribution >= 4 is 22.4 Å². The molecule has 8 heteroatoms. The number of ether oxygens (including phenoxy) is 1. The molecule has 2 N–H and O–H groups in total. The first-order chi connectivity index (χ1) is 12.0. The average molecular weight is 356 g/mol. The Hall–Kier alpha value is -3.00. The fourth-order valence-corrected chi connectivity index (χ4v) is 2.88. The third kappa shape index (κ3) is 4.30. The number of hydrogen-bond acceptors (Lipinski definition) is 6. The summed E-state index contributed by atoms with van der Waals surface area (Å²) in [6.07, 6.45) is 2.07. The van der Waals surface area contributed by atoms with Crippen LogP contribution in [0.5, 0.6) is 5.75 Å². The summed E-state index contributed by atoms with van der Waals surface area (Å²) in [6, 6.07) is 8.59. The maximum atomic E-state index is 12.3. The van der Waals surface area contributed by atoms with E-state index < -0.39 is 5.91 Å². The maximum Gasteiger partial charge on any atom is 0.276 e. The van der Waals surface area contributed by atoms with Crippen molar-refractivity contribution in [2.45, 2.75) is 13.3 Å². The first-order valence-electron chi connectivity index (χ1n) is 7.50. The lowest BCUT2D eigenvalue weighted by Crippen LogP contribution is -2.20. The van der Waals surface area contributed by atoms with E-state index >= 15 is 0 Å². The van der Waals surface area contributed by atoms with E-state index in [-0.39, 0.29) is 11.3 Å². The molecule has 0 radical (unpaired) electrons. The van der Waals surface area contributed by atoms with Gasteiger partial charge in [0, 0.05) is 23.6 Å². The topological polar surface area (TPSA) is 97.0 Å². The fourth-order valence-electron chi connectivity index (χ4n) is 2.22. The van der Waals surface area contributed by atoms with Crippen LogP contribution in [0.15, 0.2) is 41.3 Å². The predicted molar refractivity (Wildman–Crippen MR) is 95.5 cm³/mol. The molecule has 0 fully saturated rings. The molecule has 3 rings (SSSR count). The van der Waals surface area contributed by atoms with Crippen LogP contribution >= 0.6 is 11.3 Å². The zero-order valence-electron chi connectivity index (χ0n) is 13.7. The Bertz CT molecular complexity index is 947. The zero-order valence-corrected chi connectivity index (χ0v) is 14.5. The molecule has 3 aromatic rings. The minimum atomic E-state index is -0.462. The van der Waals surface area contributed by atoms with E-state index in [1.807, 2.05) is 31.2 Å². The van der Waals surface area contributed by atoms with Crippen molar-refractivity contribution in [2.75, 3.05) is 12.4 Å². The molecular weight excluding hydrogens is 340 g/mol. The van der Waals surface area contributed by atoms with Gasteiger partial charge in [-0.3, -0.25) is 14.9 Å². The van der Waals surface area contributed by atoms with E-state index in [0.717, 1.165) is 16.2 Å². The van der Waals surface area contributed by atoms with Gasteiger partial charge in [0.15, 0.2) is 5.13 Å². The number of benzene rings is 1. The van der Waals surface area contributed by atoms with Crippen LogP contribution in [-0.2, 0) is 6.42 Å². The van der Waals surface area contributed by atoms with Crippen LogP contribution < -0.4 is 15.6 Å². The zero-order chi connectivity index (χ0) is 17.8. The Morgan fingerprint density at radius 1 is 1.32 bits per heavy atom. The molecule has 1 amide bonds. The molecule has 1 aromatic carbocycles. The summed E-state index contributed by atoms with van der Waals surface area (Å²) in [5, 5.41) is 3.12. The number of nitrogens with zero attached hydrogens (tertiary/aromatic N) is 2. The predicted octanol–water partition coefficient (Wildman–Crippen LogP) is 2.39. The molecular formula is C17H16N4O3S. The molecule has 0 aliphatic rings. The molecule has 0 spiro atoms. The minimum absolute atomic E-state index is 0.0557. The van der Waals surface area contributed by atoms with Gasteiger partial charge in [-0.05, 0) is 24.6 Å². The number of aromatic amines is 1. The minimum Gasteiger partial charge on any atom is -0.497 e. The van der Waals surface area contributed by atoms with Gasteiger partial charge < -0.3 is 9.72 Å². The smallest absolute Gasteiger partial charge is 0.276 e. The Morgan fingerprint density at radius 2 is 2.08 bits per heavy atom. The SMILES string of the molecule is COc1ccc(Cc2nc(C(=O)Nc3ncc(C)s3)cc(=O)[nH]2)cc1. The number of thiazole rings is 1. The highest BCUT2D eigenvalue weighted by molar-refractivity contribution is 7.15. The van der Waals surface area contributed by atoms with E-state index in [1.54, 1.807) is 13.3 Å². The molecule has 0 aliphatic heterocycles. The number of carbonyl (C=O) groups excluding carboxylic acids is 1. The summed E-state index contributed by atoms with van der Waals surface area (Å²) in [5.74, 6) is 0.701. The van der Waals surface area contributed by atoms with Crippen molar-refractivity contribution in [1.29, 1.82) is 0 Å². The molecule has 0 saturated carbocycles. The molecule has 7 nitrogen and oxygen atoms in total. The van der Waals surface area contributed by atoms with Crippen molar-refractivity contribution in [1.82, 2.24) is 15.0 Å². The lowest BCUT2D eigenvalue weighted by molar-refractivity contribution is 0.102. The summed E-state index contributed by atoms with van der Waals surface area (Å²) in [6.45, 7) is 1.89.